The third kappa shape index (κ3) is 3.02. The molecule has 3 N–H and O–H groups in total. The number of hydrogen-bond acceptors (Lipinski definition) is 4. The molecule has 2 aromatic rings. The molecule has 2 rings (SSSR count). The molecular weight excluding hydrogens is 346 g/mol. The van der Waals surface area contributed by atoms with Crippen LogP contribution in [0.5, 0.6) is 0 Å². The van der Waals surface area contributed by atoms with Gasteiger partial charge in [0.1, 0.15) is 0 Å². The van der Waals surface area contributed by atoms with Crippen LogP contribution in [-0.2, 0) is 16.6 Å². The summed E-state index contributed by atoms with van der Waals surface area (Å²) in [5, 5.41) is 15.4. The molecule has 6 nitrogen and oxygen atoms in total. The minimum Gasteiger partial charge on any atom is -0.392 e. The van der Waals surface area contributed by atoms with Crippen molar-refractivity contribution in [2.75, 3.05) is 4.72 Å². The minimum atomic E-state index is -3.84. The molecule has 0 aliphatic carbocycles. The SMILES string of the molecule is Cc1cc(Br)cc(NS(=O)(=O)c2n[nH]c(C)c2CO)c1. The van der Waals surface area contributed by atoms with E-state index >= 15 is 0 Å². The van der Waals surface area contributed by atoms with Crippen molar-refractivity contribution in [1.82, 2.24) is 10.2 Å². The van der Waals surface area contributed by atoms with Gasteiger partial charge in [-0.05, 0) is 37.6 Å². The molecule has 0 fully saturated rings. The number of aromatic amines is 1. The Morgan fingerprint density at radius 1 is 1.35 bits per heavy atom. The minimum absolute atomic E-state index is 0.185. The Balaban J connectivity index is 2.40. The van der Waals surface area contributed by atoms with Gasteiger partial charge < -0.3 is 5.11 Å². The monoisotopic (exact) mass is 359 g/mol. The van der Waals surface area contributed by atoms with E-state index in [-0.39, 0.29) is 10.6 Å². The highest BCUT2D eigenvalue weighted by atomic mass is 79.9. The van der Waals surface area contributed by atoms with E-state index in [1.807, 2.05) is 13.0 Å². The van der Waals surface area contributed by atoms with Crippen molar-refractivity contribution in [3.8, 4) is 0 Å². The van der Waals surface area contributed by atoms with Gasteiger partial charge in [-0.15, -0.1) is 0 Å². The van der Waals surface area contributed by atoms with E-state index in [9.17, 15) is 13.5 Å². The number of hydrogen-bond donors (Lipinski definition) is 3. The van der Waals surface area contributed by atoms with Gasteiger partial charge in [0, 0.05) is 15.7 Å². The molecule has 20 heavy (non-hydrogen) atoms. The first-order valence-electron chi connectivity index (χ1n) is 5.78. The Morgan fingerprint density at radius 3 is 2.65 bits per heavy atom. The standard InChI is InChI=1S/C12H14BrN3O3S/c1-7-3-9(13)5-10(4-7)16-20(18,19)12-11(6-17)8(2)14-15-12/h3-5,16-17H,6H2,1-2H3,(H,14,15). The highest BCUT2D eigenvalue weighted by Crippen LogP contribution is 2.23. The molecule has 1 aromatic carbocycles. The van der Waals surface area contributed by atoms with Gasteiger partial charge in [0.05, 0.1) is 12.3 Å². The predicted octanol–water partition coefficient (Wildman–Crippen LogP) is 2.08. The average Bonchev–Trinajstić information content (AvgIpc) is 2.68. The van der Waals surface area contributed by atoms with Crippen molar-refractivity contribution >= 4 is 31.6 Å². The summed E-state index contributed by atoms with van der Waals surface area (Å²) in [6.07, 6.45) is 0. The number of aliphatic hydroxyl groups excluding tert-OH is 1. The first-order valence-corrected chi connectivity index (χ1v) is 8.06. The Bertz CT molecular complexity index is 720. The fourth-order valence-electron chi connectivity index (χ4n) is 1.84. The van der Waals surface area contributed by atoms with Crippen molar-refractivity contribution in [2.24, 2.45) is 0 Å². The third-order valence-corrected chi connectivity index (χ3v) is 4.55. The van der Waals surface area contributed by atoms with Crippen molar-refractivity contribution in [3.63, 3.8) is 0 Å². The molecule has 8 heteroatoms. The molecule has 0 bridgehead atoms. The van der Waals surface area contributed by atoms with E-state index < -0.39 is 16.6 Å². The van der Waals surface area contributed by atoms with Gasteiger partial charge in [0.25, 0.3) is 10.0 Å². The summed E-state index contributed by atoms with van der Waals surface area (Å²) in [4.78, 5) is 0. The lowest BCUT2D eigenvalue weighted by molar-refractivity contribution is 0.277. The maximum absolute atomic E-state index is 12.3. The number of benzene rings is 1. The van der Waals surface area contributed by atoms with Gasteiger partial charge in [-0.25, -0.2) is 0 Å². The molecule has 0 atom stereocenters. The third-order valence-electron chi connectivity index (χ3n) is 2.74. The second kappa shape index (κ2) is 5.55. The molecule has 0 saturated heterocycles. The number of aliphatic hydroxyl groups is 1. The predicted molar refractivity (Wildman–Crippen MR) is 78.9 cm³/mol. The van der Waals surface area contributed by atoms with Crippen molar-refractivity contribution in [2.45, 2.75) is 25.5 Å². The summed E-state index contributed by atoms with van der Waals surface area (Å²) in [5.74, 6) is 0. The van der Waals surface area contributed by atoms with Crippen LogP contribution in [0, 0.1) is 13.8 Å². The van der Waals surface area contributed by atoms with Gasteiger partial charge in [-0.3, -0.25) is 9.82 Å². The molecule has 0 saturated carbocycles. The number of nitrogens with zero attached hydrogens (tertiary/aromatic N) is 1. The van der Waals surface area contributed by atoms with Crippen molar-refractivity contribution in [1.29, 1.82) is 0 Å². The number of nitrogens with one attached hydrogen (secondary N) is 2. The van der Waals surface area contributed by atoms with Crippen LogP contribution in [0.3, 0.4) is 0 Å². The normalized spacial score (nSPS) is 11.6. The quantitative estimate of drug-likeness (QED) is 0.778. The molecule has 1 heterocycles. The van der Waals surface area contributed by atoms with Crippen LogP contribution in [0.2, 0.25) is 0 Å². The van der Waals surface area contributed by atoms with E-state index in [2.05, 4.69) is 30.8 Å². The fraction of sp³-hybridized carbons (Fsp3) is 0.250. The largest absolute Gasteiger partial charge is 0.392 e. The summed E-state index contributed by atoms with van der Waals surface area (Å²) < 4.78 is 27.8. The van der Waals surface area contributed by atoms with E-state index in [4.69, 9.17) is 0 Å². The zero-order chi connectivity index (χ0) is 14.9. The zero-order valence-corrected chi connectivity index (χ0v) is 13.3. The number of anilines is 1. The van der Waals surface area contributed by atoms with E-state index in [1.165, 1.54) is 0 Å². The number of aromatic nitrogens is 2. The van der Waals surface area contributed by atoms with E-state index in [1.54, 1.807) is 19.1 Å². The van der Waals surface area contributed by atoms with Crippen LogP contribution in [0.1, 0.15) is 16.8 Å². The van der Waals surface area contributed by atoms with Crippen LogP contribution < -0.4 is 4.72 Å². The van der Waals surface area contributed by atoms with Crippen molar-refractivity contribution < 1.29 is 13.5 Å². The highest BCUT2D eigenvalue weighted by molar-refractivity contribution is 9.10. The lowest BCUT2D eigenvalue weighted by atomic mass is 10.2. The molecule has 0 spiro atoms. The molecule has 0 radical (unpaired) electrons. The van der Waals surface area contributed by atoms with Crippen LogP contribution in [0.4, 0.5) is 5.69 Å². The lowest BCUT2D eigenvalue weighted by Crippen LogP contribution is -2.15. The second-order valence-corrected chi connectivity index (χ2v) is 6.93. The van der Waals surface area contributed by atoms with Gasteiger partial charge in [0.2, 0.25) is 5.03 Å². The number of sulfonamides is 1. The van der Waals surface area contributed by atoms with Crippen molar-refractivity contribution in [3.05, 3.63) is 39.5 Å². The molecule has 0 aliphatic rings. The van der Waals surface area contributed by atoms with Gasteiger partial charge >= 0.3 is 0 Å². The highest BCUT2D eigenvalue weighted by Gasteiger charge is 2.23. The topological polar surface area (TPSA) is 95.1 Å². The first-order chi connectivity index (χ1) is 9.33. The fourth-order valence-corrected chi connectivity index (χ4v) is 3.68. The van der Waals surface area contributed by atoms with E-state index in [0.717, 1.165) is 10.0 Å². The van der Waals surface area contributed by atoms with Crippen LogP contribution in [-0.4, -0.2) is 23.7 Å². The van der Waals surface area contributed by atoms with Crippen LogP contribution in [0.25, 0.3) is 0 Å². The van der Waals surface area contributed by atoms with Crippen LogP contribution in [0.15, 0.2) is 27.7 Å². The summed E-state index contributed by atoms with van der Waals surface area (Å²) >= 11 is 3.31. The molecule has 108 valence electrons. The summed E-state index contributed by atoms with van der Waals surface area (Å²) in [6, 6.07) is 5.23. The Kier molecular flexibility index (Phi) is 4.17. The summed E-state index contributed by atoms with van der Waals surface area (Å²) in [7, 11) is -3.84. The summed E-state index contributed by atoms with van der Waals surface area (Å²) in [5.41, 5.74) is 2.14. The number of halogens is 1. The molecule has 0 aliphatic heterocycles. The number of aryl methyl sites for hydroxylation is 2. The lowest BCUT2D eigenvalue weighted by Gasteiger charge is -2.08. The Hall–Kier alpha value is -1.38. The average molecular weight is 360 g/mol. The smallest absolute Gasteiger partial charge is 0.281 e. The van der Waals surface area contributed by atoms with Gasteiger partial charge in [0.15, 0.2) is 0 Å². The zero-order valence-electron chi connectivity index (χ0n) is 10.9. The summed E-state index contributed by atoms with van der Waals surface area (Å²) in [6.45, 7) is 3.12. The van der Waals surface area contributed by atoms with Gasteiger partial charge in [-0.2, -0.15) is 13.5 Å². The second-order valence-electron chi connectivity index (χ2n) is 4.41. The van der Waals surface area contributed by atoms with Gasteiger partial charge in [-0.1, -0.05) is 15.9 Å². The maximum atomic E-state index is 12.3. The maximum Gasteiger partial charge on any atom is 0.281 e. The number of rotatable bonds is 4. The Morgan fingerprint density at radius 2 is 2.05 bits per heavy atom. The molecule has 0 unspecified atom stereocenters. The molecular formula is C12H14BrN3O3S. The Labute approximate surface area is 125 Å². The molecule has 1 aromatic heterocycles. The van der Waals surface area contributed by atoms with Crippen LogP contribution >= 0.6 is 15.9 Å². The molecule has 0 amide bonds. The first kappa shape index (κ1) is 15.0. The van der Waals surface area contributed by atoms with E-state index in [0.29, 0.717) is 11.4 Å². The number of H-pyrrole nitrogens is 1.